The van der Waals surface area contributed by atoms with Crippen molar-refractivity contribution in [2.24, 2.45) is 7.05 Å². The molecule has 2 aromatic heterocycles. The standard InChI is InChI=1S/C25H26F3N7O/c1-5-29-12-17-8-19(25(26,27)28)11-20(9-17)31-24(36)18-7-6-15(2)23(10-18)35-14-22(32-33-35)21-13-30-34(4)16(21)3/h6-11,13-14,29H,5,12H2,1-4H3,(H,31,36). The molecule has 188 valence electrons. The monoisotopic (exact) mass is 497 g/mol. The zero-order chi connectivity index (χ0) is 26.0. The lowest BCUT2D eigenvalue weighted by atomic mass is 10.1. The Bertz CT molecular complexity index is 1410. The predicted molar refractivity (Wildman–Crippen MR) is 130 cm³/mol. The molecule has 0 spiro atoms. The van der Waals surface area contributed by atoms with Gasteiger partial charge in [-0.15, -0.1) is 5.10 Å². The summed E-state index contributed by atoms with van der Waals surface area (Å²) in [5, 5.41) is 18.3. The van der Waals surface area contributed by atoms with Crippen LogP contribution in [-0.2, 0) is 19.8 Å². The Balaban J connectivity index is 1.62. The molecule has 0 atom stereocenters. The highest BCUT2D eigenvalue weighted by Crippen LogP contribution is 2.32. The van der Waals surface area contributed by atoms with Crippen molar-refractivity contribution in [3.63, 3.8) is 0 Å². The van der Waals surface area contributed by atoms with Gasteiger partial charge in [0.1, 0.15) is 5.69 Å². The number of aromatic nitrogens is 5. The molecule has 0 unspecified atom stereocenters. The quantitative estimate of drug-likeness (QED) is 0.388. The Hall–Kier alpha value is -3.99. The average molecular weight is 498 g/mol. The fraction of sp³-hybridized carbons (Fsp3) is 0.280. The molecular formula is C25H26F3N7O. The smallest absolute Gasteiger partial charge is 0.322 e. The molecule has 0 saturated carbocycles. The van der Waals surface area contributed by atoms with E-state index >= 15 is 0 Å². The van der Waals surface area contributed by atoms with Gasteiger partial charge in [-0.2, -0.15) is 18.3 Å². The lowest BCUT2D eigenvalue weighted by molar-refractivity contribution is -0.137. The number of amides is 1. The van der Waals surface area contributed by atoms with Crippen molar-refractivity contribution in [3.8, 4) is 16.9 Å². The first kappa shape index (κ1) is 25.1. The van der Waals surface area contributed by atoms with E-state index in [4.69, 9.17) is 0 Å². The summed E-state index contributed by atoms with van der Waals surface area (Å²) in [6.45, 7) is 6.52. The lowest BCUT2D eigenvalue weighted by Gasteiger charge is -2.14. The summed E-state index contributed by atoms with van der Waals surface area (Å²) in [7, 11) is 1.84. The topological polar surface area (TPSA) is 89.7 Å². The van der Waals surface area contributed by atoms with Crippen LogP contribution in [0.3, 0.4) is 0 Å². The van der Waals surface area contributed by atoms with Gasteiger partial charge >= 0.3 is 6.18 Å². The first-order valence-electron chi connectivity index (χ1n) is 11.3. The number of aryl methyl sites for hydroxylation is 2. The third-order valence-electron chi connectivity index (χ3n) is 5.88. The van der Waals surface area contributed by atoms with Crippen LogP contribution in [0.15, 0.2) is 48.8 Å². The number of anilines is 1. The minimum atomic E-state index is -4.53. The van der Waals surface area contributed by atoms with E-state index in [0.717, 1.165) is 29.0 Å². The van der Waals surface area contributed by atoms with Crippen LogP contribution < -0.4 is 10.6 Å². The number of nitrogens with one attached hydrogen (secondary N) is 2. The summed E-state index contributed by atoms with van der Waals surface area (Å²) in [6, 6.07) is 8.54. The van der Waals surface area contributed by atoms with E-state index in [1.54, 1.807) is 40.0 Å². The number of hydrogen-bond acceptors (Lipinski definition) is 5. The average Bonchev–Trinajstić information content (AvgIpc) is 3.44. The molecule has 0 aliphatic heterocycles. The number of carbonyl (C=O) groups is 1. The van der Waals surface area contributed by atoms with E-state index in [2.05, 4.69) is 26.0 Å². The second-order valence-electron chi connectivity index (χ2n) is 8.47. The normalized spacial score (nSPS) is 11.6. The van der Waals surface area contributed by atoms with Gasteiger partial charge in [-0.05, 0) is 61.9 Å². The van der Waals surface area contributed by atoms with Crippen molar-refractivity contribution in [2.45, 2.75) is 33.5 Å². The van der Waals surface area contributed by atoms with Crippen molar-refractivity contribution in [3.05, 3.63) is 76.7 Å². The Morgan fingerprint density at radius 3 is 2.56 bits per heavy atom. The first-order chi connectivity index (χ1) is 17.1. The predicted octanol–water partition coefficient (Wildman–Crippen LogP) is 4.67. The van der Waals surface area contributed by atoms with Crippen molar-refractivity contribution in [2.75, 3.05) is 11.9 Å². The molecule has 0 saturated heterocycles. The molecule has 1 amide bonds. The van der Waals surface area contributed by atoms with Gasteiger partial charge < -0.3 is 10.6 Å². The largest absolute Gasteiger partial charge is 0.416 e. The summed E-state index contributed by atoms with van der Waals surface area (Å²) in [5.41, 5.74) is 3.82. The fourth-order valence-electron chi connectivity index (χ4n) is 3.76. The summed E-state index contributed by atoms with van der Waals surface area (Å²) in [6.07, 6.45) is -1.08. The molecule has 0 aliphatic carbocycles. The second-order valence-corrected chi connectivity index (χ2v) is 8.47. The molecule has 2 N–H and O–H groups in total. The third-order valence-corrected chi connectivity index (χ3v) is 5.88. The molecular weight excluding hydrogens is 471 g/mol. The van der Waals surface area contributed by atoms with Gasteiger partial charge in [-0.1, -0.05) is 18.2 Å². The number of alkyl halides is 3. The maximum atomic E-state index is 13.4. The molecule has 2 aromatic carbocycles. The summed E-state index contributed by atoms with van der Waals surface area (Å²) in [4.78, 5) is 13.0. The highest BCUT2D eigenvalue weighted by molar-refractivity contribution is 6.04. The van der Waals surface area contributed by atoms with Crippen LogP contribution in [0.4, 0.5) is 18.9 Å². The van der Waals surface area contributed by atoms with E-state index in [1.165, 1.54) is 6.07 Å². The van der Waals surface area contributed by atoms with Crippen molar-refractivity contribution in [1.82, 2.24) is 30.1 Å². The maximum absolute atomic E-state index is 13.4. The van der Waals surface area contributed by atoms with E-state index < -0.39 is 17.6 Å². The number of benzene rings is 2. The van der Waals surface area contributed by atoms with Gasteiger partial charge in [0, 0.05) is 36.1 Å². The van der Waals surface area contributed by atoms with Crippen LogP contribution in [0.1, 0.15) is 39.7 Å². The minimum Gasteiger partial charge on any atom is -0.322 e. The summed E-state index contributed by atoms with van der Waals surface area (Å²) < 4.78 is 43.5. The maximum Gasteiger partial charge on any atom is 0.416 e. The molecule has 0 aliphatic rings. The van der Waals surface area contributed by atoms with Crippen LogP contribution in [0.25, 0.3) is 16.9 Å². The number of nitrogens with zero attached hydrogens (tertiary/aromatic N) is 5. The SMILES string of the molecule is CCNCc1cc(NC(=O)c2ccc(C)c(-n3cc(-c4cnn(C)c4C)nn3)c2)cc(C(F)(F)F)c1. The minimum absolute atomic E-state index is 0.0694. The summed E-state index contributed by atoms with van der Waals surface area (Å²) in [5.74, 6) is -0.534. The molecule has 4 rings (SSSR count). The number of carbonyl (C=O) groups excluding carboxylic acids is 1. The first-order valence-corrected chi connectivity index (χ1v) is 11.3. The number of halogens is 3. The number of rotatable bonds is 7. The molecule has 0 radical (unpaired) electrons. The molecule has 2 heterocycles. The van der Waals surface area contributed by atoms with E-state index in [-0.39, 0.29) is 17.8 Å². The zero-order valence-electron chi connectivity index (χ0n) is 20.3. The highest BCUT2D eigenvalue weighted by atomic mass is 19.4. The fourth-order valence-corrected chi connectivity index (χ4v) is 3.76. The Kier molecular flexibility index (Phi) is 6.93. The van der Waals surface area contributed by atoms with Crippen LogP contribution in [0.5, 0.6) is 0 Å². The van der Waals surface area contributed by atoms with E-state index in [9.17, 15) is 18.0 Å². The van der Waals surface area contributed by atoms with Gasteiger partial charge in [0.2, 0.25) is 0 Å². The van der Waals surface area contributed by atoms with Crippen molar-refractivity contribution in [1.29, 1.82) is 0 Å². The Morgan fingerprint density at radius 1 is 1.11 bits per heavy atom. The highest BCUT2D eigenvalue weighted by Gasteiger charge is 2.31. The lowest BCUT2D eigenvalue weighted by Crippen LogP contribution is -2.16. The van der Waals surface area contributed by atoms with Crippen molar-refractivity contribution < 1.29 is 18.0 Å². The van der Waals surface area contributed by atoms with Crippen LogP contribution >= 0.6 is 0 Å². The molecule has 0 fully saturated rings. The molecule has 36 heavy (non-hydrogen) atoms. The second kappa shape index (κ2) is 9.94. The molecule has 8 nitrogen and oxygen atoms in total. The number of hydrogen-bond donors (Lipinski definition) is 2. The van der Waals surface area contributed by atoms with Crippen LogP contribution in [0, 0.1) is 13.8 Å². The third kappa shape index (κ3) is 5.30. The summed E-state index contributed by atoms with van der Waals surface area (Å²) >= 11 is 0. The molecule has 0 bridgehead atoms. The van der Waals surface area contributed by atoms with Crippen LogP contribution in [-0.4, -0.2) is 37.2 Å². The van der Waals surface area contributed by atoms with Gasteiger partial charge in [-0.25, -0.2) is 4.68 Å². The van der Waals surface area contributed by atoms with E-state index in [1.807, 2.05) is 27.8 Å². The molecule has 11 heteroatoms. The Morgan fingerprint density at radius 2 is 1.89 bits per heavy atom. The van der Waals surface area contributed by atoms with Gasteiger partial charge in [0.25, 0.3) is 5.91 Å². The Labute approximate surface area is 206 Å². The van der Waals surface area contributed by atoms with E-state index in [0.29, 0.717) is 23.5 Å². The van der Waals surface area contributed by atoms with Gasteiger partial charge in [-0.3, -0.25) is 9.48 Å². The van der Waals surface area contributed by atoms with Gasteiger partial charge in [0.05, 0.1) is 23.6 Å². The van der Waals surface area contributed by atoms with Gasteiger partial charge in [0.15, 0.2) is 0 Å². The molecule has 4 aromatic rings. The zero-order valence-corrected chi connectivity index (χ0v) is 20.3. The van der Waals surface area contributed by atoms with Crippen LogP contribution in [0.2, 0.25) is 0 Å². The van der Waals surface area contributed by atoms with Crippen molar-refractivity contribution >= 4 is 11.6 Å².